The van der Waals surface area contributed by atoms with Gasteiger partial charge in [-0.2, -0.15) is 0 Å². The summed E-state index contributed by atoms with van der Waals surface area (Å²) in [7, 11) is 1.53. The summed E-state index contributed by atoms with van der Waals surface area (Å²) in [4.78, 5) is 4.71. The van der Waals surface area contributed by atoms with Gasteiger partial charge in [0.2, 0.25) is 0 Å². The van der Waals surface area contributed by atoms with Crippen molar-refractivity contribution in [2.75, 3.05) is 25.6 Å². The van der Waals surface area contributed by atoms with E-state index in [1.807, 2.05) is 0 Å². The van der Waals surface area contributed by atoms with Crippen molar-refractivity contribution in [1.29, 1.82) is 0 Å². The number of anilines is 1. The van der Waals surface area contributed by atoms with Gasteiger partial charge in [0.05, 0.1) is 6.61 Å². The van der Waals surface area contributed by atoms with E-state index >= 15 is 0 Å². The minimum Gasteiger partial charge on any atom is -0.382 e. The van der Waals surface area contributed by atoms with Gasteiger partial charge in [-0.15, -0.1) is 0 Å². The number of pyridine rings is 1. The minimum absolute atomic E-state index is 0.186. The van der Waals surface area contributed by atoms with E-state index < -0.39 is 6.17 Å². The Morgan fingerprint density at radius 3 is 3.09 bits per heavy atom. The van der Waals surface area contributed by atoms with Gasteiger partial charge in [-0.3, -0.25) is 0 Å². The van der Waals surface area contributed by atoms with Crippen molar-refractivity contribution in [3.8, 4) is 0 Å². The van der Waals surface area contributed by atoms with Crippen LogP contribution in [0, 0.1) is 0 Å². The van der Waals surface area contributed by atoms with Crippen LogP contribution in [0.1, 0.15) is 49.8 Å². The number of rotatable bonds is 10. The summed E-state index contributed by atoms with van der Waals surface area (Å²) in [6, 6.07) is 4.36. The molecule has 0 unspecified atom stereocenters. The molecule has 0 fully saturated rings. The van der Waals surface area contributed by atoms with Crippen molar-refractivity contribution >= 4 is 5.82 Å². The van der Waals surface area contributed by atoms with Gasteiger partial charge in [0.1, 0.15) is 12.0 Å². The van der Waals surface area contributed by atoms with Gasteiger partial charge >= 0.3 is 0 Å². The number of aryl methyl sites for hydroxylation is 2. The standard InChI is InChI=1S/C19H29FN2O/c1-15(9-11-17(20)14-23-2)6-3-4-8-18-12-10-16-7-5-13-21-19(16)22-18/h10,12,17H,1,3-9,11,13-14H2,2H3,(H,21,22)/t17-/m0/s1. The first kappa shape index (κ1) is 17.9. The molecular weight excluding hydrogens is 291 g/mol. The highest BCUT2D eigenvalue weighted by atomic mass is 19.1. The Bertz CT molecular complexity index is 504. The molecule has 2 heterocycles. The van der Waals surface area contributed by atoms with Gasteiger partial charge in [-0.05, 0) is 63.0 Å². The predicted octanol–water partition coefficient (Wildman–Crippen LogP) is 4.47. The lowest BCUT2D eigenvalue weighted by Gasteiger charge is -2.17. The molecule has 0 amide bonds. The van der Waals surface area contributed by atoms with E-state index in [1.165, 1.54) is 19.1 Å². The molecule has 1 aliphatic rings. The van der Waals surface area contributed by atoms with Gasteiger partial charge in [-0.1, -0.05) is 18.2 Å². The Balaban J connectivity index is 1.62. The molecule has 3 nitrogen and oxygen atoms in total. The summed E-state index contributed by atoms with van der Waals surface area (Å²) in [6.07, 6.45) is 6.89. The van der Waals surface area contributed by atoms with Crippen LogP contribution in [-0.4, -0.2) is 31.4 Å². The number of nitrogens with zero attached hydrogens (tertiary/aromatic N) is 1. The minimum atomic E-state index is -0.871. The average Bonchev–Trinajstić information content (AvgIpc) is 2.57. The van der Waals surface area contributed by atoms with Gasteiger partial charge in [-0.25, -0.2) is 9.37 Å². The molecule has 1 aromatic rings. The molecule has 0 bridgehead atoms. The number of alkyl halides is 1. The number of fused-ring (bicyclic) bond motifs is 1. The third kappa shape index (κ3) is 6.30. The van der Waals surface area contributed by atoms with Crippen molar-refractivity contribution in [3.05, 3.63) is 35.5 Å². The summed E-state index contributed by atoms with van der Waals surface area (Å²) < 4.78 is 18.1. The zero-order chi connectivity index (χ0) is 16.5. The fourth-order valence-electron chi connectivity index (χ4n) is 2.94. The summed E-state index contributed by atoms with van der Waals surface area (Å²) in [5.41, 5.74) is 3.64. The zero-order valence-corrected chi connectivity index (χ0v) is 14.2. The largest absolute Gasteiger partial charge is 0.382 e. The highest BCUT2D eigenvalue weighted by molar-refractivity contribution is 5.46. The molecule has 128 valence electrons. The fourth-order valence-corrected chi connectivity index (χ4v) is 2.94. The second-order valence-corrected chi connectivity index (χ2v) is 6.39. The van der Waals surface area contributed by atoms with E-state index in [0.29, 0.717) is 6.42 Å². The first-order valence-electron chi connectivity index (χ1n) is 8.71. The summed E-state index contributed by atoms with van der Waals surface area (Å²) in [5.74, 6) is 1.07. The van der Waals surface area contributed by atoms with E-state index in [2.05, 4.69) is 24.0 Å². The maximum Gasteiger partial charge on any atom is 0.129 e. The number of halogens is 1. The van der Waals surface area contributed by atoms with Crippen LogP contribution >= 0.6 is 0 Å². The van der Waals surface area contributed by atoms with Gasteiger partial charge in [0, 0.05) is 19.3 Å². The second-order valence-electron chi connectivity index (χ2n) is 6.39. The monoisotopic (exact) mass is 320 g/mol. The topological polar surface area (TPSA) is 34.2 Å². The molecule has 1 N–H and O–H groups in total. The fraction of sp³-hybridized carbons (Fsp3) is 0.632. The van der Waals surface area contributed by atoms with Crippen LogP contribution in [0.4, 0.5) is 10.2 Å². The van der Waals surface area contributed by atoms with E-state index in [1.54, 1.807) is 0 Å². The number of methoxy groups -OCH3 is 1. The highest BCUT2D eigenvalue weighted by Crippen LogP contribution is 2.21. The molecule has 0 saturated carbocycles. The number of hydrogen-bond acceptors (Lipinski definition) is 3. The van der Waals surface area contributed by atoms with Crippen molar-refractivity contribution in [1.82, 2.24) is 4.98 Å². The maximum absolute atomic E-state index is 13.3. The normalized spacial score (nSPS) is 14.9. The molecule has 23 heavy (non-hydrogen) atoms. The Kier molecular flexibility index (Phi) is 7.53. The maximum atomic E-state index is 13.3. The molecule has 0 aromatic carbocycles. The van der Waals surface area contributed by atoms with Crippen molar-refractivity contribution in [2.45, 2.75) is 57.5 Å². The highest BCUT2D eigenvalue weighted by Gasteiger charge is 2.10. The van der Waals surface area contributed by atoms with Crippen LogP contribution in [0.25, 0.3) is 0 Å². The number of unbranched alkanes of at least 4 members (excludes halogenated alkanes) is 1. The van der Waals surface area contributed by atoms with E-state index in [4.69, 9.17) is 9.72 Å². The van der Waals surface area contributed by atoms with Crippen molar-refractivity contribution < 1.29 is 9.13 Å². The lowest BCUT2D eigenvalue weighted by molar-refractivity contribution is 0.119. The van der Waals surface area contributed by atoms with Crippen LogP contribution in [0.15, 0.2) is 24.3 Å². The molecule has 1 aromatic heterocycles. The number of allylic oxidation sites excluding steroid dienone is 1. The molecule has 0 radical (unpaired) electrons. The second kappa shape index (κ2) is 9.66. The van der Waals surface area contributed by atoms with Crippen LogP contribution in [0.2, 0.25) is 0 Å². The number of nitrogens with one attached hydrogen (secondary N) is 1. The zero-order valence-electron chi connectivity index (χ0n) is 14.2. The SMILES string of the molecule is C=C(CCCCc1ccc2c(n1)NCCC2)CC[C@H](F)COC. The van der Waals surface area contributed by atoms with Crippen LogP contribution in [0.5, 0.6) is 0 Å². The van der Waals surface area contributed by atoms with Gasteiger partial charge in [0.25, 0.3) is 0 Å². The third-order valence-electron chi connectivity index (χ3n) is 4.32. The quantitative estimate of drug-likeness (QED) is 0.510. The van der Waals surface area contributed by atoms with E-state index in [-0.39, 0.29) is 6.61 Å². The third-order valence-corrected chi connectivity index (χ3v) is 4.32. The molecular formula is C19H29FN2O. The number of hydrogen-bond donors (Lipinski definition) is 1. The Morgan fingerprint density at radius 2 is 2.26 bits per heavy atom. The molecule has 2 rings (SSSR count). The number of aromatic nitrogens is 1. The predicted molar refractivity (Wildman–Crippen MR) is 93.7 cm³/mol. The lowest BCUT2D eigenvalue weighted by atomic mass is 10.0. The molecule has 1 aliphatic heterocycles. The van der Waals surface area contributed by atoms with Gasteiger partial charge in [0.15, 0.2) is 0 Å². The smallest absolute Gasteiger partial charge is 0.129 e. The lowest BCUT2D eigenvalue weighted by Crippen LogP contribution is -2.13. The van der Waals surface area contributed by atoms with Crippen LogP contribution in [-0.2, 0) is 17.6 Å². The molecule has 4 heteroatoms. The Hall–Kier alpha value is -1.42. The molecule has 0 aliphatic carbocycles. The first-order valence-corrected chi connectivity index (χ1v) is 8.71. The Labute approximate surface area is 139 Å². The van der Waals surface area contributed by atoms with Crippen LogP contribution < -0.4 is 5.32 Å². The van der Waals surface area contributed by atoms with E-state index in [0.717, 1.165) is 62.2 Å². The van der Waals surface area contributed by atoms with Gasteiger partial charge < -0.3 is 10.1 Å². The molecule has 0 spiro atoms. The first-order chi connectivity index (χ1) is 11.2. The Morgan fingerprint density at radius 1 is 1.39 bits per heavy atom. The number of ether oxygens (including phenoxy) is 1. The van der Waals surface area contributed by atoms with E-state index in [9.17, 15) is 4.39 Å². The summed E-state index contributed by atoms with van der Waals surface area (Å²) in [6.45, 7) is 5.27. The van der Waals surface area contributed by atoms with Crippen LogP contribution in [0.3, 0.4) is 0 Å². The van der Waals surface area contributed by atoms with Crippen molar-refractivity contribution in [3.63, 3.8) is 0 Å². The molecule has 1 atom stereocenters. The van der Waals surface area contributed by atoms with Crippen molar-refractivity contribution in [2.24, 2.45) is 0 Å². The average molecular weight is 320 g/mol. The summed E-state index contributed by atoms with van der Waals surface area (Å²) >= 11 is 0. The summed E-state index contributed by atoms with van der Waals surface area (Å²) in [5, 5.41) is 3.38. The molecule has 0 saturated heterocycles.